The lowest BCUT2D eigenvalue weighted by molar-refractivity contribution is 0.410. The minimum atomic E-state index is 0.872. The summed E-state index contributed by atoms with van der Waals surface area (Å²) < 4.78 is 11.0. The molecule has 0 aliphatic heterocycles. The summed E-state index contributed by atoms with van der Waals surface area (Å²) >= 11 is 0. The SMILES string of the molecule is CCc1ccc(OC)c(-c2cc(C)ccc2OC)c1. The van der Waals surface area contributed by atoms with Crippen molar-refractivity contribution in [2.24, 2.45) is 0 Å². The Morgan fingerprint density at radius 3 is 2.00 bits per heavy atom. The fourth-order valence-corrected chi connectivity index (χ4v) is 2.22. The van der Waals surface area contributed by atoms with Crippen molar-refractivity contribution in [3.63, 3.8) is 0 Å². The third-order valence-electron chi connectivity index (χ3n) is 3.32. The molecule has 0 spiro atoms. The number of rotatable bonds is 4. The highest BCUT2D eigenvalue weighted by atomic mass is 16.5. The van der Waals surface area contributed by atoms with Crippen LogP contribution in [0.25, 0.3) is 11.1 Å². The number of hydrogen-bond acceptors (Lipinski definition) is 2. The first-order valence-corrected chi connectivity index (χ1v) is 6.51. The van der Waals surface area contributed by atoms with Gasteiger partial charge in [0, 0.05) is 11.1 Å². The molecule has 0 amide bonds. The normalized spacial score (nSPS) is 10.3. The van der Waals surface area contributed by atoms with Gasteiger partial charge in [0.1, 0.15) is 11.5 Å². The lowest BCUT2D eigenvalue weighted by Crippen LogP contribution is -1.94. The lowest BCUT2D eigenvalue weighted by Gasteiger charge is -2.14. The summed E-state index contributed by atoms with van der Waals surface area (Å²) in [6, 6.07) is 12.5. The summed E-state index contributed by atoms with van der Waals surface area (Å²) in [4.78, 5) is 0. The Balaban J connectivity index is 2.65. The second-order valence-electron chi connectivity index (χ2n) is 4.59. The van der Waals surface area contributed by atoms with Crippen LogP contribution in [0.1, 0.15) is 18.1 Å². The van der Waals surface area contributed by atoms with E-state index in [0.717, 1.165) is 29.0 Å². The van der Waals surface area contributed by atoms with E-state index < -0.39 is 0 Å². The van der Waals surface area contributed by atoms with Gasteiger partial charge in [-0.05, 0) is 43.2 Å². The summed E-state index contributed by atoms with van der Waals surface area (Å²) in [7, 11) is 3.40. The molecule has 0 aliphatic carbocycles. The van der Waals surface area contributed by atoms with Crippen molar-refractivity contribution >= 4 is 0 Å². The van der Waals surface area contributed by atoms with Crippen LogP contribution in [0.3, 0.4) is 0 Å². The van der Waals surface area contributed by atoms with E-state index in [0.29, 0.717) is 0 Å². The van der Waals surface area contributed by atoms with E-state index >= 15 is 0 Å². The summed E-state index contributed by atoms with van der Waals surface area (Å²) in [5.41, 5.74) is 4.66. The van der Waals surface area contributed by atoms with Crippen LogP contribution in [0.2, 0.25) is 0 Å². The van der Waals surface area contributed by atoms with Crippen molar-refractivity contribution in [3.8, 4) is 22.6 Å². The van der Waals surface area contributed by atoms with E-state index in [1.54, 1.807) is 14.2 Å². The van der Waals surface area contributed by atoms with E-state index in [1.807, 2.05) is 12.1 Å². The summed E-state index contributed by atoms with van der Waals surface area (Å²) in [6.45, 7) is 4.23. The van der Waals surface area contributed by atoms with E-state index in [9.17, 15) is 0 Å². The van der Waals surface area contributed by atoms with Crippen LogP contribution in [0.5, 0.6) is 11.5 Å². The van der Waals surface area contributed by atoms with Crippen LogP contribution in [0, 0.1) is 6.92 Å². The average Bonchev–Trinajstić information content (AvgIpc) is 2.46. The number of hydrogen-bond donors (Lipinski definition) is 0. The first kappa shape index (κ1) is 13.5. The zero-order chi connectivity index (χ0) is 13.8. The van der Waals surface area contributed by atoms with E-state index in [1.165, 1.54) is 11.1 Å². The number of ether oxygens (including phenoxy) is 2. The van der Waals surface area contributed by atoms with Crippen molar-refractivity contribution in [2.75, 3.05) is 14.2 Å². The zero-order valence-corrected chi connectivity index (χ0v) is 12.0. The summed E-state index contributed by atoms with van der Waals surface area (Å²) in [5.74, 6) is 1.75. The highest BCUT2D eigenvalue weighted by Crippen LogP contribution is 2.37. The van der Waals surface area contributed by atoms with Crippen molar-refractivity contribution in [2.45, 2.75) is 20.3 Å². The minimum absolute atomic E-state index is 0.872. The molecule has 2 aromatic rings. The molecule has 0 N–H and O–H groups in total. The van der Waals surface area contributed by atoms with Gasteiger partial charge in [0.25, 0.3) is 0 Å². The molecular formula is C17H20O2. The first-order valence-electron chi connectivity index (χ1n) is 6.51. The molecule has 0 fully saturated rings. The van der Waals surface area contributed by atoms with Gasteiger partial charge < -0.3 is 9.47 Å². The van der Waals surface area contributed by atoms with Gasteiger partial charge in [-0.25, -0.2) is 0 Å². The van der Waals surface area contributed by atoms with Gasteiger partial charge in [-0.15, -0.1) is 0 Å². The highest BCUT2D eigenvalue weighted by Gasteiger charge is 2.12. The van der Waals surface area contributed by atoms with Crippen LogP contribution < -0.4 is 9.47 Å². The highest BCUT2D eigenvalue weighted by molar-refractivity contribution is 5.77. The molecule has 0 saturated heterocycles. The van der Waals surface area contributed by atoms with Crippen LogP contribution in [-0.2, 0) is 6.42 Å². The predicted octanol–water partition coefficient (Wildman–Crippen LogP) is 4.24. The largest absolute Gasteiger partial charge is 0.496 e. The number of aryl methyl sites for hydroxylation is 2. The summed E-state index contributed by atoms with van der Waals surface area (Å²) in [6.07, 6.45) is 1.01. The Morgan fingerprint density at radius 1 is 0.842 bits per heavy atom. The van der Waals surface area contributed by atoms with E-state index in [-0.39, 0.29) is 0 Å². The minimum Gasteiger partial charge on any atom is -0.496 e. The molecule has 100 valence electrons. The fourth-order valence-electron chi connectivity index (χ4n) is 2.22. The quantitative estimate of drug-likeness (QED) is 0.814. The molecule has 2 rings (SSSR count). The third-order valence-corrected chi connectivity index (χ3v) is 3.32. The number of benzene rings is 2. The van der Waals surface area contributed by atoms with Gasteiger partial charge in [0.15, 0.2) is 0 Å². The van der Waals surface area contributed by atoms with Crippen molar-refractivity contribution < 1.29 is 9.47 Å². The fraction of sp³-hybridized carbons (Fsp3) is 0.294. The molecule has 0 aliphatic rings. The van der Waals surface area contributed by atoms with Crippen LogP contribution in [0.4, 0.5) is 0 Å². The van der Waals surface area contributed by atoms with Gasteiger partial charge in [0.2, 0.25) is 0 Å². The standard InChI is InChI=1S/C17H20O2/c1-5-13-7-9-17(19-4)15(11-13)14-10-12(2)6-8-16(14)18-3/h6-11H,5H2,1-4H3. The first-order chi connectivity index (χ1) is 9.19. The smallest absolute Gasteiger partial charge is 0.126 e. The molecule has 0 atom stereocenters. The van der Waals surface area contributed by atoms with Crippen molar-refractivity contribution in [1.82, 2.24) is 0 Å². The molecular weight excluding hydrogens is 236 g/mol. The second-order valence-corrected chi connectivity index (χ2v) is 4.59. The molecule has 19 heavy (non-hydrogen) atoms. The average molecular weight is 256 g/mol. The van der Waals surface area contributed by atoms with Gasteiger partial charge in [-0.1, -0.05) is 24.6 Å². The Hall–Kier alpha value is -1.96. The Labute approximate surface area is 115 Å². The molecule has 0 heterocycles. The molecule has 0 aromatic heterocycles. The van der Waals surface area contributed by atoms with Gasteiger partial charge >= 0.3 is 0 Å². The van der Waals surface area contributed by atoms with Crippen LogP contribution >= 0.6 is 0 Å². The molecule has 0 unspecified atom stereocenters. The molecule has 2 nitrogen and oxygen atoms in total. The van der Waals surface area contributed by atoms with Crippen molar-refractivity contribution in [3.05, 3.63) is 47.5 Å². The van der Waals surface area contributed by atoms with E-state index in [4.69, 9.17) is 9.47 Å². The maximum atomic E-state index is 5.48. The van der Waals surface area contributed by atoms with Crippen LogP contribution in [-0.4, -0.2) is 14.2 Å². The van der Waals surface area contributed by atoms with Gasteiger partial charge in [0.05, 0.1) is 14.2 Å². The second kappa shape index (κ2) is 5.79. The lowest BCUT2D eigenvalue weighted by atomic mass is 9.98. The molecule has 0 saturated carbocycles. The molecule has 0 radical (unpaired) electrons. The molecule has 0 bridgehead atoms. The van der Waals surface area contributed by atoms with Crippen LogP contribution in [0.15, 0.2) is 36.4 Å². The third kappa shape index (κ3) is 2.73. The number of methoxy groups -OCH3 is 2. The van der Waals surface area contributed by atoms with E-state index in [2.05, 4.69) is 38.1 Å². The Bertz CT molecular complexity index is 573. The molecule has 2 heteroatoms. The Morgan fingerprint density at radius 2 is 1.42 bits per heavy atom. The van der Waals surface area contributed by atoms with Crippen molar-refractivity contribution in [1.29, 1.82) is 0 Å². The zero-order valence-electron chi connectivity index (χ0n) is 12.0. The topological polar surface area (TPSA) is 18.5 Å². The monoisotopic (exact) mass is 256 g/mol. The predicted molar refractivity (Wildman–Crippen MR) is 79.1 cm³/mol. The van der Waals surface area contributed by atoms with Gasteiger partial charge in [-0.2, -0.15) is 0 Å². The molecule has 2 aromatic carbocycles. The summed E-state index contributed by atoms with van der Waals surface area (Å²) in [5, 5.41) is 0. The maximum Gasteiger partial charge on any atom is 0.126 e. The maximum absolute atomic E-state index is 5.48. The Kier molecular flexibility index (Phi) is 4.10. The van der Waals surface area contributed by atoms with Gasteiger partial charge in [-0.3, -0.25) is 0 Å².